The summed E-state index contributed by atoms with van der Waals surface area (Å²) >= 11 is 1.83. The van der Waals surface area contributed by atoms with E-state index in [1.165, 1.54) is 0 Å². The highest BCUT2D eigenvalue weighted by molar-refractivity contribution is 8.00. The fourth-order valence-corrected chi connectivity index (χ4v) is 6.62. The molecule has 2 aliphatic heterocycles. The fraction of sp³-hybridized carbons (Fsp3) is 0.367. The third kappa shape index (κ3) is 6.40. The Morgan fingerprint density at radius 3 is 2.65 bits per heavy atom. The van der Waals surface area contributed by atoms with Crippen molar-refractivity contribution in [1.29, 1.82) is 0 Å². The topological polar surface area (TPSA) is 74.3 Å². The first-order valence-electron chi connectivity index (χ1n) is 13.1. The summed E-state index contributed by atoms with van der Waals surface area (Å²) in [5.74, 6) is 1.45. The minimum Gasteiger partial charge on any atom is -0.343 e. The normalized spacial score (nSPS) is 20.1. The van der Waals surface area contributed by atoms with Gasteiger partial charge < -0.3 is 10.2 Å². The van der Waals surface area contributed by atoms with Gasteiger partial charge in [0.15, 0.2) is 0 Å². The van der Waals surface area contributed by atoms with Crippen LogP contribution in [-0.4, -0.2) is 52.0 Å². The molecule has 2 aliphatic rings. The molecule has 7 heteroatoms. The summed E-state index contributed by atoms with van der Waals surface area (Å²) in [6, 6.07) is 20.0. The molecule has 37 heavy (non-hydrogen) atoms. The Hall–Kier alpha value is -3.16. The highest BCUT2D eigenvalue weighted by Gasteiger charge is 2.36. The highest BCUT2D eigenvalue weighted by Crippen LogP contribution is 2.33. The number of rotatable bonds is 7. The molecule has 2 amide bonds. The molecule has 0 radical (unpaired) electrons. The van der Waals surface area contributed by atoms with Crippen molar-refractivity contribution in [2.24, 2.45) is 5.92 Å². The lowest BCUT2D eigenvalue weighted by Crippen LogP contribution is -2.46. The number of aryl methyl sites for hydroxylation is 2. The van der Waals surface area contributed by atoms with Crippen molar-refractivity contribution in [2.75, 3.05) is 24.2 Å². The second kappa shape index (κ2) is 11.9. The van der Waals surface area contributed by atoms with Crippen molar-refractivity contribution in [2.45, 2.75) is 44.0 Å². The van der Waals surface area contributed by atoms with Gasteiger partial charge in [-0.2, -0.15) is 0 Å². The first kappa shape index (κ1) is 25.5. The van der Waals surface area contributed by atoms with Crippen LogP contribution in [0, 0.1) is 12.8 Å². The van der Waals surface area contributed by atoms with Crippen LogP contribution < -0.4 is 10.6 Å². The number of nitrogens with one attached hydrogen (secondary N) is 2. The van der Waals surface area contributed by atoms with Crippen molar-refractivity contribution in [1.82, 2.24) is 15.2 Å². The van der Waals surface area contributed by atoms with Crippen LogP contribution in [0.4, 0.5) is 5.69 Å². The van der Waals surface area contributed by atoms with Gasteiger partial charge >= 0.3 is 0 Å². The van der Waals surface area contributed by atoms with E-state index in [9.17, 15) is 9.59 Å². The number of carbonyl (C=O) groups excluding carboxylic acids is 2. The number of hydrogen-bond donors (Lipinski definition) is 2. The molecule has 192 valence electrons. The van der Waals surface area contributed by atoms with Gasteiger partial charge in [-0.3, -0.25) is 19.9 Å². The predicted molar refractivity (Wildman–Crippen MR) is 150 cm³/mol. The molecular weight excluding hydrogens is 480 g/mol. The monoisotopic (exact) mass is 514 g/mol. The Balaban J connectivity index is 1.12. The predicted octanol–water partition coefficient (Wildman–Crippen LogP) is 4.90. The fourth-order valence-electron chi connectivity index (χ4n) is 5.17. The van der Waals surface area contributed by atoms with Gasteiger partial charge in [0.2, 0.25) is 11.8 Å². The molecular formula is C30H34N4O2S. The van der Waals surface area contributed by atoms with Gasteiger partial charge in [-0.1, -0.05) is 48.0 Å². The van der Waals surface area contributed by atoms with Gasteiger partial charge in [0.25, 0.3) is 0 Å². The maximum Gasteiger partial charge on any atom is 0.242 e. The van der Waals surface area contributed by atoms with E-state index >= 15 is 0 Å². The van der Waals surface area contributed by atoms with E-state index < -0.39 is 0 Å². The molecule has 6 nitrogen and oxygen atoms in total. The van der Waals surface area contributed by atoms with Gasteiger partial charge in [0.1, 0.15) is 0 Å². The molecule has 2 unspecified atom stereocenters. The van der Waals surface area contributed by atoms with Crippen LogP contribution in [0.25, 0.3) is 11.1 Å². The highest BCUT2D eigenvalue weighted by atomic mass is 32.2. The van der Waals surface area contributed by atoms with Crippen molar-refractivity contribution >= 4 is 29.3 Å². The molecule has 0 aliphatic carbocycles. The van der Waals surface area contributed by atoms with Gasteiger partial charge in [-0.25, -0.2) is 0 Å². The number of hydrogen-bond acceptors (Lipinski definition) is 5. The largest absolute Gasteiger partial charge is 0.343 e. The lowest BCUT2D eigenvalue weighted by molar-refractivity contribution is -0.132. The van der Waals surface area contributed by atoms with E-state index in [0.717, 1.165) is 66.0 Å². The number of anilines is 1. The number of carbonyl (C=O) groups is 2. The molecule has 2 aromatic carbocycles. The lowest BCUT2D eigenvalue weighted by Gasteiger charge is -2.34. The summed E-state index contributed by atoms with van der Waals surface area (Å²) in [7, 11) is 0. The van der Waals surface area contributed by atoms with Crippen LogP contribution in [0.5, 0.6) is 0 Å². The maximum atomic E-state index is 13.2. The minimum absolute atomic E-state index is 0.0130. The quantitative estimate of drug-likeness (QED) is 0.469. The van der Waals surface area contributed by atoms with Crippen LogP contribution in [0.1, 0.15) is 30.4 Å². The molecule has 3 heterocycles. The maximum absolute atomic E-state index is 13.2. The van der Waals surface area contributed by atoms with Crippen LogP contribution in [0.15, 0.2) is 73.1 Å². The molecule has 1 aromatic heterocycles. The van der Waals surface area contributed by atoms with Crippen molar-refractivity contribution in [3.8, 4) is 11.1 Å². The van der Waals surface area contributed by atoms with E-state index in [1.807, 2.05) is 65.3 Å². The van der Waals surface area contributed by atoms with Crippen molar-refractivity contribution in [3.63, 3.8) is 0 Å². The molecule has 3 aromatic rings. The molecule has 5 rings (SSSR count). The zero-order valence-corrected chi connectivity index (χ0v) is 22.0. The van der Waals surface area contributed by atoms with Crippen molar-refractivity contribution in [3.05, 3.63) is 84.2 Å². The number of thioether (sulfide) groups is 1. The number of aromatic nitrogens is 1. The molecule has 2 atom stereocenters. The number of pyridine rings is 1. The van der Waals surface area contributed by atoms with E-state index in [0.29, 0.717) is 12.3 Å². The SMILES string of the molecule is Cc1ccc(NC(=O)C2CSC(C3CCN(C(=O)CCc4cccnc4)CC3)N2)c(-c2ccccc2)c1. The Morgan fingerprint density at radius 1 is 1.08 bits per heavy atom. The van der Waals surface area contributed by atoms with Gasteiger partial charge in [0, 0.05) is 48.9 Å². The summed E-state index contributed by atoms with van der Waals surface area (Å²) in [6.45, 7) is 3.64. The van der Waals surface area contributed by atoms with E-state index in [2.05, 4.69) is 40.7 Å². The second-order valence-corrected chi connectivity index (χ2v) is 11.1. The number of piperidine rings is 1. The van der Waals surface area contributed by atoms with E-state index in [1.54, 1.807) is 6.20 Å². The summed E-state index contributed by atoms with van der Waals surface area (Å²) in [5.41, 5.74) is 5.23. The summed E-state index contributed by atoms with van der Waals surface area (Å²) in [6.07, 6.45) is 6.77. The zero-order valence-electron chi connectivity index (χ0n) is 21.2. The Kier molecular flexibility index (Phi) is 8.21. The Bertz CT molecular complexity index is 1210. The van der Waals surface area contributed by atoms with E-state index in [4.69, 9.17) is 0 Å². The first-order chi connectivity index (χ1) is 18.1. The summed E-state index contributed by atoms with van der Waals surface area (Å²) in [4.78, 5) is 32.0. The summed E-state index contributed by atoms with van der Waals surface area (Å²) in [5, 5.41) is 7.01. The number of likely N-dealkylation sites (tertiary alicyclic amines) is 1. The first-order valence-corrected chi connectivity index (χ1v) is 14.1. The third-order valence-electron chi connectivity index (χ3n) is 7.31. The lowest BCUT2D eigenvalue weighted by atomic mass is 9.95. The molecule has 0 saturated carbocycles. The van der Waals surface area contributed by atoms with Gasteiger partial charge in [-0.15, -0.1) is 11.8 Å². The molecule has 2 saturated heterocycles. The van der Waals surface area contributed by atoms with Crippen LogP contribution in [0.2, 0.25) is 0 Å². The van der Waals surface area contributed by atoms with Crippen LogP contribution in [-0.2, 0) is 16.0 Å². The third-order valence-corrected chi connectivity index (χ3v) is 8.72. The minimum atomic E-state index is -0.223. The standard InChI is InChI=1S/C30H34N4O2S/c1-21-9-11-26(25(18-21)23-7-3-2-4-8-23)32-29(36)27-20-37-30(33-27)24-13-16-34(17-14-24)28(35)12-10-22-6-5-15-31-19-22/h2-9,11,15,18-19,24,27,30,33H,10,12-14,16-17,20H2,1H3,(H,32,36). The Labute approximate surface area is 223 Å². The zero-order chi connectivity index (χ0) is 25.6. The number of amides is 2. The van der Waals surface area contributed by atoms with E-state index in [-0.39, 0.29) is 23.2 Å². The molecule has 0 bridgehead atoms. The molecule has 0 spiro atoms. The smallest absolute Gasteiger partial charge is 0.242 e. The average Bonchev–Trinajstić information content (AvgIpc) is 3.44. The van der Waals surface area contributed by atoms with Crippen LogP contribution in [0.3, 0.4) is 0 Å². The number of benzene rings is 2. The molecule has 2 N–H and O–H groups in total. The van der Waals surface area contributed by atoms with Crippen molar-refractivity contribution < 1.29 is 9.59 Å². The average molecular weight is 515 g/mol. The summed E-state index contributed by atoms with van der Waals surface area (Å²) < 4.78 is 0. The Morgan fingerprint density at radius 2 is 1.89 bits per heavy atom. The van der Waals surface area contributed by atoms with Gasteiger partial charge in [0.05, 0.1) is 11.4 Å². The molecule has 2 fully saturated rings. The van der Waals surface area contributed by atoms with Crippen LogP contribution >= 0.6 is 11.8 Å². The second-order valence-electron chi connectivity index (χ2n) is 9.96. The number of nitrogens with zero attached hydrogens (tertiary/aromatic N) is 2. The van der Waals surface area contributed by atoms with Gasteiger partial charge in [-0.05, 0) is 61.4 Å².